The van der Waals surface area contributed by atoms with Gasteiger partial charge >= 0.3 is 0 Å². The number of benzene rings is 2. The van der Waals surface area contributed by atoms with Crippen LogP contribution in [0.3, 0.4) is 0 Å². The van der Waals surface area contributed by atoms with Crippen molar-refractivity contribution in [3.8, 4) is 11.5 Å². The van der Waals surface area contributed by atoms with Gasteiger partial charge in [-0.05, 0) is 35.9 Å². The number of ether oxygens (including phenoxy) is 2. The van der Waals surface area contributed by atoms with Crippen LogP contribution in [0, 0.1) is 0 Å². The van der Waals surface area contributed by atoms with Gasteiger partial charge in [0.2, 0.25) is 0 Å². The monoisotopic (exact) mass is 313 g/mol. The molecule has 120 valence electrons. The topological polar surface area (TPSA) is 67.8 Å². The van der Waals surface area contributed by atoms with E-state index in [4.69, 9.17) is 9.47 Å². The van der Waals surface area contributed by atoms with Gasteiger partial charge in [-0.1, -0.05) is 24.3 Å². The number of aliphatic hydroxyl groups excluding tert-OH is 1. The highest BCUT2D eigenvalue weighted by atomic mass is 16.5. The molecule has 0 unspecified atom stereocenters. The molecule has 1 amide bonds. The average Bonchev–Trinajstić information content (AvgIpc) is 2.61. The van der Waals surface area contributed by atoms with Crippen molar-refractivity contribution in [2.45, 2.75) is 0 Å². The summed E-state index contributed by atoms with van der Waals surface area (Å²) in [6, 6.07) is 14.2. The Bertz CT molecular complexity index is 695. The number of carbonyl (C=O) groups is 1. The first-order valence-corrected chi connectivity index (χ1v) is 7.07. The third kappa shape index (κ3) is 4.34. The third-order valence-electron chi connectivity index (χ3n) is 3.23. The molecule has 0 aliphatic carbocycles. The number of aliphatic hydroxyl groups is 1. The number of carbonyl (C=O) groups excluding carboxylic acids is 1. The summed E-state index contributed by atoms with van der Waals surface area (Å²) < 4.78 is 10.4. The molecule has 0 aliphatic rings. The average molecular weight is 313 g/mol. The van der Waals surface area contributed by atoms with Crippen LogP contribution in [0.25, 0.3) is 6.08 Å². The van der Waals surface area contributed by atoms with Gasteiger partial charge in [-0.3, -0.25) is 4.79 Å². The van der Waals surface area contributed by atoms with E-state index in [2.05, 4.69) is 5.32 Å². The highest BCUT2D eigenvalue weighted by Crippen LogP contribution is 2.28. The van der Waals surface area contributed by atoms with Crippen LogP contribution >= 0.6 is 0 Å². The van der Waals surface area contributed by atoms with Crippen LogP contribution in [0.1, 0.15) is 15.9 Å². The zero-order valence-corrected chi connectivity index (χ0v) is 13.1. The van der Waals surface area contributed by atoms with Crippen molar-refractivity contribution in [1.29, 1.82) is 0 Å². The number of rotatable bonds is 6. The molecule has 5 nitrogen and oxygen atoms in total. The predicted molar refractivity (Wildman–Crippen MR) is 88.5 cm³/mol. The summed E-state index contributed by atoms with van der Waals surface area (Å²) in [5, 5.41) is 12.2. The van der Waals surface area contributed by atoms with E-state index < -0.39 is 0 Å². The Morgan fingerprint density at radius 1 is 1.09 bits per heavy atom. The van der Waals surface area contributed by atoms with Crippen molar-refractivity contribution in [2.75, 3.05) is 20.8 Å². The molecule has 0 radical (unpaired) electrons. The fourth-order valence-electron chi connectivity index (χ4n) is 2.07. The maximum Gasteiger partial charge on any atom is 0.255 e. The lowest BCUT2D eigenvalue weighted by molar-refractivity contribution is 0.0960. The summed E-state index contributed by atoms with van der Waals surface area (Å²) in [5.74, 6) is 0.919. The Morgan fingerprint density at radius 2 is 1.78 bits per heavy atom. The highest BCUT2D eigenvalue weighted by molar-refractivity contribution is 5.95. The lowest BCUT2D eigenvalue weighted by Gasteiger charge is -2.10. The second kappa shape index (κ2) is 8.00. The maximum atomic E-state index is 12.1. The number of methoxy groups -OCH3 is 2. The molecule has 0 aliphatic heterocycles. The first kappa shape index (κ1) is 16.6. The molecule has 23 heavy (non-hydrogen) atoms. The van der Waals surface area contributed by atoms with E-state index in [-0.39, 0.29) is 12.5 Å². The van der Waals surface area contributed by atoms with Gasteiger partial charge in [0.1, 0.15) is 0 Å². The van der Waals surface area contributed by atoms with Gasteiger partial charge in [-0.15, -0.1) is 0 Å². The molecule has 0 saturated carbocycles. The lowest BCUT2D eigenvalue weighted by atomic mass is 10.1. The molecule has 0 fully saturated rings. The molecule has 2 aromatic carbocycles. The van der Waals surface area contributed by atoms with Crippen LogP contribution in [0.4, 0.5) is 0 Å². The smallest absolute Gasteiger partial charge is 0.255 e. The zero-order chi connectivity index (χ0) is 16.7. The Kier molecular flexibility index (Phi) is 5.77. The van der Waals surface area contributed by atoms with Crippen LogP contribution < -0.4 is 14.8 Å². The first-order valence-electron chi connectivity index (χ1n) is 7.07. The summed E-state index contributed by atoms with van der Waals surface area (Å²) in [6.07, 6.45) is 1.68. The summed E-state index contributed by atoms with van der Waals surface area (Å²) in [7, 11) is 3.11. The normalized spacial score (nSPS) is 11.0. The predicted octanol–water partition coefficient (Wildman–Crippen LogP) is 2.47. The van der Waals surface area contributed by atoms with Gasteiger partial charge in [0, 0.05) is 11.3 Å². The molecule has 0 spiro atoms. The number of hydrogen-bond acceptors (Lipinski definition) is 4. The maximum absolute atomic E-state index is 12.1. The fraction of sp³-hybridized carbons (Fsp3) is 0.167. The van der Waals surface area contributed by atoms with E-state index in [1.165, 1.54) is 0 Å². The van der Waals surface area contributed by atoms with Crippen molar-refractivity contribution < 1.29 is 19.4 Å². The van der Waals surface area contributed by atoms with Crippen LogP contribution in [-0.2, 0) is 0 Å². The summed E-state index contributed by atoms with van der Waals surface area (Å²) in [4.78, 5) is 12.1. The summed E-state index contributed by atoms with van der Waals surface area (Å²) in [5.41, 5.74) is 1.70. The second-order valence-electron chi connectivity index (χ2n) is 4.76. The Hall–Kier alpha value is -2.79. The van der Waals surface area contributed by atoms with E-state index in [0.29, 0.717) is 22.8 Å². The SMILES string of the molecule is COc1ccc(/C=C(/CO)NC(=O)c2ccccc2)cc1OC. The van der Waals surface area contributed by atoms with Crippen LogP contribution in [0.15, 0.2) is 54.2 Å². The van der Waals surface area contributed by atoms with Gasteiger partial charge in [0.25, 0.3) is 5.91 Å². The van der Waals surface area contributed by atoms with Gasteiger partial charge in [0.15, 0.2) is 11.5 Å². The molecule has 0 heterocycles. The zero-order valence-electron chi connectivity index (χ0n) is 13.1. The molecule has 2 aromatic rings. The Morgan fingerprint density at radius 3 is 2.39 bits per heavy atom. The minimum Gasteiger partial charge on any atom is -0.493 e. The van der Waals surface area contributed by atoms with Gasteiger partial charge in [-0.25, -0.2) is 0 Å². The Labute approximate surface area is 135 Å². The summed E-state index contributed by atoms with van der Waals surface area (Å²) >= 11 is 0. The van der Waals surface area contributed by atoms with Crippen molar-refractivity contribution >= 4 is 12.0 Å². The molecule has 2 rings (SSSR count). The molecular weight excluding hydrogens is 294 g/mol. The van der Waals surface area contributed by atoms with E-state index in [0.717, 1.165) is 5.56 Å². The largest absolute Gasteiger partial charge is 0.493 e. The number of amides is 1. The number of hydrogen-bond donors (Lipinski definition) is 2. The van der Waals surface area contributed by atoms with Crippen molar-refractivity contribution in [3.05, 3.63) is 65.4 Å². The first-order chi connectivity index (χ1) is 11.2. The number of nitrogens with one attached hydrogen (secondary N) is 1. The van der Waals surface area contributed by atoms with Crippen LogP contribution in [0.2, 0.25) is 0 Å². The van der Waals surface area contributed by atoms with Crippen molar-refractivity contribution in [3.63, 3.8) is 0 Å². The van der Waals surface area contributed by atoms with Crippen molar-refractivity contribution in [1.82, 2.24) is 5.32 Å². The molecular formula is C18H19NO4. The van der Waals surface area contributed by atoms with E-state index in [1.54, 1.807) is 56.7 Å². The van der Waals surface area contributed by atoms with Crippen LogP contribution in [0.5, 0.6) is 11.5 Å². The van der Waals surface area contributed by atoms with Gasteiger partial charge in [0.05, 0.1) is 20.8 Å². The van der Waals surface area contributed by atoms with E-state index >= 15 is 0 Å². The standard InChI is InChI=1S/C18H19NO4/c1-22-16-9-8-13(11-17(16)23-2)10-15(12-20)19-18(21)14-6-4-3-5-7-14/h3-11,20H,12H2,1-2H3,(H,19,21)/b15-10-. The Balaban J connectivity index is 2.20. The van der Waals surface area contributed by atoms with Crippen LogP contribution in [-0.4, -0.2) is 31.8 Å². The molecule has 5 heteroatoms. The van der Waals surface area contributed by atoms with Crippen molar-refractivity contribution in [2.24, 2.45) is 0 Å². The lowest BCUT2D eigenvalue weighted by Crippen LogP contribution is -2.24. The minimum absolute atomic E-state index is 0.272. The van der Waals surface area contributed by atoms with E-state index in [1.807, 2.05) is 12.1 Å². The van der Waals surface area contributed by atoms with Gasteiger partial charge < -0.3 is 19.9 Å². The minimum atomic E-state index is -0.285. The molecule has 0 bridgehead atoms. The van der Waals surface area contributed by atoms with Gasteiger partial charge in [-0.2, -0.15) is 0 Å². The molecule has 0 aromatic heterocycles. The quantitative estimate of drug-likeness (QED) is 0.859. The fourth-order valence-corrected chi connectivity index (χ4v) is 2.07. The second-order valence-corrected chi connectivity index (χ2v) is 4.76. The third-order valence-corrected chi connectivity index (χ3v) is 3.23. The molecule has 0 saturated heterocycles. The molecule has 2 N–H and O–H groups in total. The molecule has 0 atom stereocenters. The summed E-state index contributed by atoms with van der Waals surface area (Å²) in [6.45, 7) is -0.285. The van der Waals surface area contributed by atoms with E-state index in [9.17, 15) is 9.90 Å². The highest BCUT2D eigenvalue weighted by Gasteiger charge is 2.08.